The molecule has 0 spiro atoms. The monoisotopic (exact) mass is 437 g/mol. The quantitative estimate of drug-likeness (QED) is 0.611. The molecule has 4 aliphatic carbocycles. The second kappa shape index (κ2) is 7.86. The zero-order valence-electron chi connectivity index (χ0n) is 20.7. The molecule has 0 aliphatic heterocycles. The van der Waals surface area contributed by atoms with E-state index in [1.807, 2.05) is 10.7 Å². The molecule has 176 valence electrons. The minimum absolute atomic E-state index is 0.400. The normalized spacial score (nSPS) is 46.6. The first-order chi connectivity index (χ1) is 15.2. The van der Waals surface area contributed by atoms with Crippen molar-refractivity contribution in [3.63, 3.8) is 0 Å². The number of aromatic nitrogens is 2. The molecule has 32 heavy (non-hydrogen) atoms. The van der Waals surface area contributed by atoms with Gasteiger partial charge in [0.1, 0.15) is 11.8 Å². The summed E-state index contributed by atoms with van der Waals surface area (Å²) in [5.41, 5.74) is 1.16. The molecule has 1 aromatic heterocycles. The molecule has 1 aromatic rings. The van der Waals surface area contributed by atoms with E-state index in [2.05, 4.69) is 38.9 Å². The van der Waals surface area contributed by atoms with E-state index in [0.29, 0.717) is 28.4 Å². The van der Waals surface area contributed by atoms with Crippen LogP contribution in [0, 0.1) is 57.7 Å². The van der Waals surface area contributed by atoms with Crippen LogP contribution in [0.15, 0.2) is 12.3 Å². The second-order valence-electron chi connectivity index (χ2n) is 12.7. The molecule has 4 saturated carbocycles. The lowest BCUT2D eigenvalue weighted by molar-refractivity contribution is -0.152. The Morgan fingerprint density at radius 1 is 1.12 bits per heavy atom. The number of fused-ring (bicyclic) bond motifs is 5. The van der Waals surface area contributed by atoms with Crippen LogP contribution in [0.5, 0.6) is 0 Å². The van der Waals surface area contributed by atoms with Gasteiger partial charge < -0.3 is 5.11 Å². The standard InChI is InChI=1S/C28H43N3O/c1-5-28(32)14-13-26(3)20(16-28)6-7-22-24-9-8-23(27(24,4)12-10-25(22)26)19(2)18-31-21(17-29)11-15-30-31/h11,15,19-20,22-25,32H,5-10,12-14,16,18H2,1-4H3/t19?,20-,22+,23-,24+,25+,26+,27-,28-/m1/s1. The molecular weight excluding hydrogens is 394 g/mol. The molecule has 1 heterocycles. The Balaban J connectivity index is 1.33. The summed E-state index contributed by atoms with van der Waals surface area (Å²) in [7, 11) is 0. The smallest absolute Gasteiger partial charge is 0.138 e. The third-order valence-electron chi connectivity index (χ3n) is 11.5. The first-order valence-electron chi connectivity index (χ1n) is 13.4. The van der Waals surface area contributed by atoms with Crippen LogP contribution in [0.1, 0.15) is 97.6 Å². The van der Waals surface area contributed by atoms with Crippen LogP contribution in [-0.2, 0) is 6.54 Å². The third-order valence-corrected chi connectivity index (χ3v) is 11.5. The Kier molecular flexibility index (Phi) is 5.52. The maximum atomic E-state index is 11.0. The van der Waals surface area contributed by atoms with Crippen LogP contribution in [0.3, 0.4) is 0 Å². The molecule has 0 amide bonds. The lowest BCUT2D eigenvalue weighted by atomic mass is 9.43. The van der Waals surface area contributed by atoms with Crippen molar-refractivity contribution >= 4 is 0 Å². The van der Waals surface area contributed by atoms with Gasteiger partial charge in [-0.25, -0.2) is 0 Å². The Hall–Kier alpha value is -1.34. The molecule has 0 saturated heterocycles. The van der Waals surface area contributed by atoms with E-state index < -0.39 is 5.60 Å². The fourth-order valence-corrected chi connectivity index (χ4v) is 9.59. The fourth-order valence-electron chi connectivity index (χ4n) is 9.59. The van der Waals surface area contributed by atoms with Crippen LogP contribution in [-0.4, -0.2) is 20.5 Å². The molecule has 4 nitrogen and oxygen atoms in total. The van der Waals surface area contributed by atoms with Crippen molar-refractivity contribution in [2.24, 2.45) is 46.3 Å². The first kappa shape index (κ1) is 22.5. The molecule has 9 atom stereocenters. The first-order valence-corrected chi connectivity index (χ1v) is 13.4. The van der Waals surface area contributed by atoms with Gasteiger partial charge in [-0.2, -0.15) is 10.4 Å². The summed E-state index contributed by atoms with van der Waals surface area (Å²) in [6, 6.07) is 4.13. The van der Waals surface area contributed by atoms with Gasteiger partial charge in [0.05, 0.1) is 11.8 Å². The number of nitriles is 1. The molecule has 1 N–H and O–H groups in total. The average molecular weight is 438 g/mol. The molecule has 4 fully saturated rings. The zero-order chi connectivity index (χ0) is 22.7. The largest absolute Gasteiger partial charge is 0.390 e. The topological polar surface area (TPSA) is 61.8 Å². The highest BCUT2D eigenvalue weighted by Gasteiger charge is 2.61. The summed E-state index contributed by atoms with van der Waals surface area (Å²) >= 11 is 0. The lowest BCUT2D eigenvalue weighted by Gasteiger charge is -2.62. The highest BCUT2D eigenvalue weighted by Crippen LogP contribution is 2.68. The van der Waals surface area contributed by atoms with Gasteiger partial charge in [-0.3, -0.25) is 4.68 Å². The highest BCUT2D eigenvalue weighted by atomic mass is 16.3. The summed E-state index contributed by atoms with van der Waals surface area (Å²) in [6.45, 7) is 10.7. The lowest BCUT2D eigenvalue weighted by Crippen LogP contribution is -2.56. The molecule has 0 bridgehead atoms. The van der Waals surface area contributed by atoms with E-state index in [9.17, 15) is 10.4 Å². The Bertz CT molecular complexity index is 887. The molecule has 4 aliphatic rings. The number of hydrogen-bond donors (Lipinski definition) is 1. The van der Waals surface area contributed by atoms with Gasteiger partial charge in [0.15, 0.2) is 0 Å². The zero-order valence-corrected chi connectivity index (χ0v) is 20.7. The molecule has 1 unspecified atom stereocenters. The van der Waals surface area contributed by atoms with Crippen LogP contribution in [0.4, 0.5) is 0 Å². The van der Waals surface area contributed by atoms with Crippen molar-refractivity contribution < 1.29 is 5.11 Å². The predicted molar refractivity (Wildman–Crippen MR) is 127 cm³/mol. The van der Waals surface area contributed by atoms with E-state index in [1.165, 1.54) is 44.9 Å². The average Bonchev–Trinajstić information content (AvgIpc) is 3.37. The third kappa shape index (κ3) is 3.29. The Morgan fingerprint density at radius 2 is 1.91 bits per heavy atom. The summed E-state index contributed by atoms with van der Waals surface area (Å²) in [4.78, 5) is 0. The highest BCUT2D eigenvalue weighted by molar-refractivity contribution is 5.18. The number of hydrogen-bond acceptors (Lipinski definition) is 3. The van der Waals surface area contributed by atoms with Crippen LogP contribution in [0.2, 0.25) is 0 Å². The molecule has 5 rings (SSSR count). The predicted octanol–water partition coefficient (Wildman–Crippen LogP) is 6.19. The van der Waals surface area contributed by atoms with E-state index >= 15 is 0 Å². The van der Waals surface area contributed by atoms with Gasteiger partial charge in [-0.1, -0.05) is 27.7 Å². The van der Waals surface area contributed by atoms with Gasteiger partial charge in [0.25, 0.3) is 0 Å². The fraction of sp³-hybridized carbons (Fsp3) is 0.857. The van der Waals surface area contributed by atoms with Gasteiger partial charge >= 0.3 is 0 Å². The SMILES string of the molecule is CC[C@@]1(O)CC[C@@]2(C)[C@H](CC[C@@H]3[C@@H]2CC[C@]2(C)[C@@H](C(C)Cn4nccc4C#N)CC[C@@H]32)C1. The van der Waals surface area contributed by atoms with Crippen molar-refractivity contribution in [3.8, 4) is 6.07 Å². The molecular formula is C28H43N3O. The van der Waals surface area contributed by atoms with Gasteiger partial charge in [0.2, 0.25) is 0 Å². The van der Waals surface area contributed by atoms with E-state index in [0.717, 1.165) is 49.5 Å². The maximum absolute atomic E-state index is 11.0. The molecule has 4 heteroatoms. The van der Waals surface area contributed by atoms with E-state index in [1.54, 1.807) is 6.20 Å². The van der Waals surface area contributed by atoms with Gasteiger partial charge in [-0.05, 0) is 117 Å². The van der Waals surface area contributed by atoms with Crippen LogP contribution < -0.4 is 0 Å². The van der Waals surface area contributed by atoms with Gasteiger partial charge in [0, 0.05) is 6.54 Å². The van der Waals surface area contributed by atoms with Crippen molar-refractivity contribution in [1.82, 2.24) is 9.78 Å². The van der Waals surface area contributed by atoms with E-state index in [-0.39, 0.29) is 0 Å². The van der Waals surface area contributed by atoms with Crippen LogP contribution >= 0.6 is 0 Å². The second-order valence-corrected chi connectivity index (χ2v) is 12.7. The van der Waals surface area contributed by atoms with Crippen molar-refractivity contribution in [3.05, 3.63) is 18.0 Å². The minimum Gasteiger partial charge on any atom is -0.390 e. The minimum atomic E-state index is -0.400. The van der Waals surface area contributed by atoms with Crippen molar-refractivity contribution in [2.75, 3.05) is 0 Å². The van der Waals surface area contributed by atoms with E-state index in [4.69, 9.17) is 0 Å². The summed E-state index contributed by atoms with van der Waals surface area (Å²) in [5.74, 6) is 4.57. The number of rotatable bonds is 4. The molecule has 0 aromatic carbocycles. The van der Waals surface area contributed by atoms with Gasteiger partial charge in [-0.15, -0.1) is 0 Å². The molecule has 0 radical (unpaired) electrons. The number of aliphatic hydroxyl groups is 1. The van der Waals surface area contributed by atoms with Crippen LogP contribution in [0.25, 0.3) is 0 Å². The Labute approximate surface area is 194 Å². The summed E-state index contributed by atoms with van der Waals surface area (Å²) < 4.78 is 1.93. The number of nitrogens with zero attached hydrogens (tertiary/aromatic N) is 3. The van der Waals surface area contributed by atoms with Crippen molar-refractivity contribution in [1.29, 1.82) is 5.26 Å². The summed E-state index contributed by atoms with van der Waals surface area (Å²) in [6.07, 6.45) is 14.1. The van der Waals surface area contributed by atoms with Crippen molar-refractivity contribution in [2.45, 2.75) is 104 Å². The summed E-state index contributed by atoms with van der Waals surface area (Å²) in [5, 5.41) is 24.9. The maximum Gasteiger partial charge on any atom is 0.138 e. The Morgan fingerprint density at radius 3 is 2.66 bits per heavy atom.